The molecule has 0 radical (unpaired) electrons. The smallest absolute Gasteiger partial charge is 0.156 e. The average Bonchev–Trinajstić information content (AvgIpc) is 2.18. The van der Waals surface area contributed by atoms with Crippen LogP contribution in [0, 0.1) is 11.8 Å². The van der Waals surface area contributed by atoms with Crippen molar-refractivity contribution in [2.24, 2.45) is 0 Å². The molecule has 1 fully saturated rings. The van der Waals surface area contributed by atoms with E-state index >= 15 is 0 Å². The molecule has 3 atom stereocenters. The second kappa shape index (κ2) is 2.49. The molecule has 1 N–H and O–H groups in total. The Bertz CT molecular complexity index is 215. The summed E-state index contributed by atoms with van der Waals surface area (Å²) in [6.45, 7) is 2.29. The molecule has 1 nitrogen and oxygen atoms in total. The molecule has 0 aromatic heterocycles. The van der Waals surface area contributed by atoms with Gasteiger partial charge in [0.1, 0.15) is 0 Å². The highest BCUT2D eigenvalue weighted by atomic mass is 19.0. The summed E-state index contributed by atoms with van der Waals surface area (Å²) in [7, 11) is 2.28. The van der Waals surface area contributed by atoms with E-state index in [1.54, 1.807) is 4.90 Å². The van der Waals surface area contributed by atoms with Gasteiger partial charge in [-0.05, 0) is 5.92 Å². The molecule has 2 heterocycles. The van der Waals surface area contributed by atoms with Gasteiger partial charge in [-0.2, -0.15) is 0 Å². The lowest BCUT2D eigenvalue weighted by Crippen LogP contribution is -3.18. The second-order valence-corrected chi connectivity index (χ2v) is 3.76. The molecule has 2 heteroatoms. The van der Waals surface area contributed by atoms with E-state index in [9.17, 15) is 0 Å². The lowest BCUT2D eigenvalue weighted by molar-refractivity contribution is -0.932. The van der Waals surface area contributed by atoms with Gasteiger partial charge in [0.25, 0.3) is 0 Å². The van der Waals surface area contributed by atoms with E-state index in [0.29, 0.717) is 5.54 Å². The van der Waals surface area contributed by atoms with Gasteiger partial charge in [0.15, 0.2) is 5.54 Å². The summed E-state index contributed by atoms with van der Waals surface area (Å²) in [6, 6.07) is 0.839. The number of hydrogen-bond donors (Lipinski definition) is 1. The van der Waals surface area contributed by atoms with E-state index in [-0.39, 0.29) is 4.70 Å². The largest absolute Gasteiger partial charge is 1.00 e. The fraction of sp³-hybridized carbons (Fsp3) is 0.778. The van der Waals surface area contributed by atoms with Crippen LogP contribution in [0.1, 0.15) is 26.2 Å². The minimum atomic E-state index is 0. The monoisotopic (exact) mass is 155 g/mol. The van der Waals surface area contributed by atoms with E-state index in [1.165, 1.54) is 12.8 Å². The van der Waals surface area contributed by atoms with Gasteiger partial charge in [-0.25, -0.2) is 0 Å². The first kappa shape index (κ1) is 8.55. The third-order valence-corrected chi connectivity index (χ3v) is 3.19. The van der Waals surface area contributed by atoms with Crippen LogP contribution in [0.5, 0.6) is 0 Å². The molecule has 1 unspecified atom stereocenters. The maximum atomic E-state index is 3.35. The van der Waals surface area contributed by atoms with Gasteiger partial charge in [0.05, 0.1) is 19.5 Å². The molecule has 0 aromatic rings. The van der Waals surface area contributed by atoms with Crippen LogP contribution in [-0.4, -0.2) is 18.6 Å². The number of fused-ring (bicyclic) bond motifs is 2. The summed E-state index contributed by atoms with van der Waals surface area (Å²) in [5.74, 6) is 6.60. The van der Waals surface area contributed by atoms with E-state index in [4.69, 9.17) is 0 Å². The van der Waals surface area contributed by atoms with Gasteiger partial charge in [-0.3, -0.25) is 0 Å². The van der Waals surface area contributed by atoms with Crippen LogP contribution in [0.15, 0.2) is 0 Å². The zero-order valence-corrected chi connectivity index (χ0v) is 7.08. The Morgan fingerprint density at radius 1 is 1.55 bits per heavy atom. The molecule has 0 spiro atoms. The molecule has 2 rings (SSSR count). The Morgan fingerprint density at radius 3 is 2.82 bits per heavy atom. The van der Waals surface area contributed by atoms with E-state index in [1.807, 2.05) is 0 Å². The van der Waals surface area contributed by atoms with Crippen molar-refractivity contribution in [2.75, 3.05) is 7.05 Å². The number of quaternary nitrogens is 1. The van der Waals surface area contributed by atoms with Crippen molar-refractivity contribution in [1.29, 1.82) is 0 Å². The van der Waals surface area contributed by atoms with Crippen LogP contribution < -0.4 is 9.60 Å². The summed E-state index contributed by atoms with van der Waals surface area (Å²) in [5, 5.41) is 0. The third kappa shape index (κ3) is 1.04. The second-order valence-electron chi connectivity index (χ2n) is 3.76. The van der Waals surface area contributed by atoms with Gasteiger partial charge in [-0.15, -0.1) is 0 Å². The van der Waals surface area contributed by atoms with Crippen LogP contribution in [0.4, 0.5) is 0 Å². The van der Waals surface area contributed by atoms with Crippen molar-refractivity contribution in [3.05, 3.63) is 0 Å². The molecule has 1 saturated heterocycles. The normalized spacial score (nSPS) is 45.6. The first-order valence-corrected chi connectivity index (χ1v) is 4.06. The van der Waals surface area contributed by atoms with Crippen molar-refractivity contribution in [3.63, 3.8) is 0 Å². The molecule has 0 saturated carbocycles. The molecule has 2 bridgehead atoms. The van der Waals surface area contributed by atoms with E-state index < -0.39 is 0 Å². The first-order valence-electron chi connectivity index (χ1n) is 4.06. The third-order valence-electron chi connectivity index (χ3n) is 3.19. The summed E-state index contributed by atoms with van der Waals surface area (Å²) in [4.78, 5) is 1.64. The van der Waals surface area contributed by atoms with Crippen LogP contribution in [0.2, 0.25) is 0 Å². The number of halogens is 1. The van der Waals surface area contributed by atoms with Crippen molar-refractivity contribution in [1.82, 2.24) is 0 Å². The Kier molecular flexibility index (Phi) is 1.94. The molecule has 0 aromatic carbocycles. The Labute approximate surface area is 67.1 Å². The van der Waals surface area contributed by atoms with Crippen molar-refractivity contribution < 1.29 is 9.60 Å². The molecule has 11 heavy (non-hydrogen) atoms. The fourth-order valence-corrected chi connectivity index (χ4v) is 2.11. The standard InChI is InChI=1S/C9H13N.FH/c1-9-6-3-4-8(5-7-9)10(9)2;/h8H,4-5,7H2,1-2H3;1H/t8-,9+;/m1./s1. The highest BCUT2D eigenvalue weighted by Gasteiger charge is 2.44. The number of hydrogen-bond acceptors (Lipinski definition) is 0. The lowest BCUT2D eigenvalue weighted by atomic mass is 10.0. The van der Waals surface area contributed by atoms with Crippen LogP contribution in [0.25, 0.3) is 0 Å². The molecule has 2 aliphatic rings. The van der Waals surface area contributed by atoms with Crippen LogP contribution in [0.3, 0.4) is 0 Å². The fourth-order valence-electron chi connectivity index (χ4n) is 2.11. The van der Waals surface area contributed by atoms with Gasteiger partial charge in [0, 0.05) is 19.8 Å². The summed E-state index contributed by atoms with van der Waals surface area (Å²) in [6.07, 6.45) is 3.79. The highest BCUT2D eigenvalue weighted by Crippen LogP contribution is 2.20. The maximum absolute atomic E-state index is 3.35. The SMILES string of the molecule is C[NH+]1[C@@H]2CC#C[C@@]1(C)CC2.[F-]. The summed E-state index contributed by atoms with van der Waals surface area (Å²) >= 11 is 0. The minimum Gasteiger partial charge on any atom is -1.00 e. The van der Waals surface area contributed by atoms with Gasteiger partial charge < -0.3 is 9.60 Å². The van der Waals surface area contributed by atoms with Crippen molar-refractivity contribution in [3.8, 4) is 11.8 Å². The van der Waals surface area contributed by atoms with Crippen molar-refractivity contribution in [2.45, 2.75) is 37.8 Å². The predicted molar refractivity (Wildman–Crippen MR) is 40.7 cm³/mol. The van der Waals surface area contributed by atoms with Crippen LogP contribution >= 0.6 is 0 Å². The topological polar surface area (TPSA) is 4.44 Å². The quantitative estimate of drug-likeness (QED) is 0.352. The number of rotatable bonds is 0. The minimum absolute atomic E-state index is 0. The molecule has 2 aliphatic heterocycles. The van der Waals surface area contributed by atoms with Gasteiger partial charge >= 0.3 is 0 Å². The van der Waals surface area contributed by atoms with Crippen LogP contribution in [-0.2, 0) is 0 Å². The van der Waals surface area contributed by atoms with Gasteiger partial charge in [-0.1, -0.05) is 5.92 Å². The maximum Gasteiger partial charge on any atom is 0.156 e. The molecule has 0 aliphatic carbocycles. The number of nitrogens with one attached hydrogen (secondary N) is 1. The van der Waals surface area contributed by atoms with E-state index in [2.05, 4.69) is 25.8 Å². The van der Waals surface area contributed by atoms with E-state index in [0.717, 1.165) is 12.5 Å². The Morgan fingerprint density at radius 2 is 2.27 bits per heavy atom. The summed E-state index contributed by atoms with van der Waals surface area (Å²) < 4.78 is 0. The molecular weight excluding hydrogens is 141 g/mol. The highest BCUT2D eigenvalue weighted by molar-refractivity contribution is 5.18. The van der Waals surface area contributed by atoms with Gasteiger partial charge in [0.2, 0.25) is 0 Å². The average molecular weight is 155 g/mol. The zero-order chi connectivity index (χ0) is 7.19. The zero-order valence-electron chi connectivity index (χ0n) is 7.08. The van der Waals surface area contributed by atoms with Crippen molar-refractivity contribution >= 4 is 0 Å². The molecule has 0 amide bonds. The summed E-state index contributed by atoms with van der Waals surface area (Å²) in [5.41, 5.74) is 0.308. The Hall–Kier alpha value is -0.550. The lowest BCUT2D eigenvalue weighted by Gasteiger charge is -2.29. The predicted octanol–water partition coefficient (Wildman–Crippen LogP) is -3.17. The molecular formula is C9H14FN. The first-order chi connectivity index (χ1) is 4.72. The Balaban J connectivity index is 0.000000605. The molecule has 62 valence electrons.